The molecule has 2 atom stereocenters. The van der Waals surface area contributed by atoms with Crippen LogP contribution in [0.1, 0.15) is 32.6 Å². The Hall–Kier alpha value is -2.54. The van der Waals surface area contributed by atoms with Gasteiger partial charge in [-0.3, -0.25) is 0 Å². The van der Waals surface area contributed by atoms with Gasteiger partial charge < -0.3 is 10.1 Å². The van der Waals surface area contributed by atoms with Crippen molar-refractivity contribution in [1.29, 1.82) is 0 Å². The molecule has 0 spiro atoms. The number of aromatic nitrogens is 4. The number of fused-ring (bicyclic) bond motifs is 1. The van der Waals surface area contributed by atoms with Crippen LogP contribution in [0.2, 0.25) is 0 Å². The average molecular weight is 369 g/mol. The van der Waals surface area contributed by atoms with E-state index in [0.29, 0.717) is 48.0 Å². The molecule has 6 nitrogen and oxygen atoms in total. The number of halogens is 1. The second-order valence-electron chi connectivity index (χ2n) is 7.09. The molecule has 1 aromatic carbocycles. The molecule has 0 aliphatic heterocycles. The molecule has 0 unspecified atom stereocenters. The highest BCUT2D eigenvalue weighted by Crippen LogP contribution is 2.26. The lowest BCUT2D eigenvalue weighted by molar-refractivity contribution is 0.000368. The number of hydrogen-bond donors (Lipinski definition) is 1. The lowest BCUT2D eigenvalue weighted by Gasteiger charge is -2.28. The van der Waals surface area contributed by atoms with Gasteiger partial charge in [0.25, 0.3) is 0 Å². The van der Waals surface area contributed by atoms with Crippen LogP contribution in [0.4, 0.5) is 10.2 Å². The highest BCUT2D eigenvalue weighted by Gasteiger charge is 2.21. The molecule has 2 aromatic heterocycles. The minimum Gasteiger partial charge on any atom is -0.376 e. The zero-order valence-electron chi connectivity index (χ0n) is 15.4. The molecule has 4 rings (SSSR count). The van der Waals surface area contributed by atoms with Gasteiger partial charge in [-0.2, -0.15) is 4.52 Å². The quantitative estimate of drug-likeness (QED) is 0.667. The Bertz CT molecular complexity index is 912. The average Bonchev–Trinajstić information content (AvgIpc) is 3.10. The first kappa shape index (κ1) is 17.9. The van der Waals surface area contributed by atoms with Crippen molar-refractivity contribution >= 4 is 11.5 Å². The first-order valence-electron chi connectivity index (χ1n) is 9.55. The maximum absolute atomic E-state index is 14.1. The van der Waals surface area contributed by atoms with Gasteiger partial charge in [-0.05, 0) is 43.0 Å². The van der Waals surface area contributed by atoms with Crippen molar-refractivity contribution in [2.75, 3.05) is 18.5 Å². The predicted molar refractivity (Wildman–Crippen MR) is 102 cm³/mol. The molecular weight excluding hydrogens is 345 g/mol. The Labute approximate surface area is 157 Å². The molecule has 7 heteroatoms. The summed E-state index contributed by atoms with van der Waals surface area (Å²) in [6, 6.07) is 10.2. The van der Waals surface area contributed by atoms with Gasteiger partial charge in [0.15, 0.2) is 11.5 Å². The summed E-state index contributed by atoms with van der Waals surface area (Å²) in [5, 5.41) is 15.9. The topological polar surface area (TPSA) is 64.3 Å². The summed E-state index contributed by atoms with van der Waals surface area (Å²) in [6.45, 7) is 3.57. The first-order valence-corrected chi connectivity index (χ1v) is 9.55. The summed E-state index contributed by atoms with van der Waals surface area (Å²) in [5.74, 6) is 1.36. The molecule has 1 saturated carbocycles. The van der Waals surface area contributed by atoms with Crippen molar-refractivity contribution < 1.29 is 9.13 Å². The molecule has 1 aliphatic rings. The Morgan fingerprint density at radius 1 is 1.15 bits per heavy atom. The van der Waals surface area contributed by atoms with Gasteiger partial charge in [-0.1, -0.05) is 31.9 Å². The summed E-state index contributed by atoms with van der Waals surface area (Å²) in [6.07, 6.45) is 5.34. The van der Waals surface area contributed by atoms with Gasteiger partial charge in [0.2, 0.25) is 0 Å². The summed E-state index contributed by atoms with van der Waals surface area (Å²) in [5.41, 5.74) is 0.954. The monoisotopic (exact) mass is 369 g/mol. The first-order chi connectivity index (χ1) is 13.2. The molecule has 142 valence electrons. The van der Waals surface area contributed by atoms with Crippen LogP contribution in [0, 0.1) is 11.7 Å². The zero-order valence-corrected chi connectivity index (χ0v) is 15.4. The smallest absolute Gasteiger partial charge is 0.188 e. The fourth-order valence-electron chi connectivity index (χ4n) is 3.61. The Morgan fingerprint density at radius 2 is 2.00 bits per heavy atom. The van der Waals surface area contributed by atoms with E-state index >= 15 is 0 Å². The third-order valence-electron chi connectivity index (χ3n) is 5.15. The maximum Gasteiger partial charge on any atom is 0.188 e. The normalized spacial score (nSPS) is 20.1. The van der Waals surface area contributed by atoms with Crippen molar-refractivity contribution in [2.45, 2.75) is 38.7 Å². The second-order valence-corrected chi connectivity index (χ2v) is 7.09. The summed E-state index contributed by atoms with van der Waals surface area (Å²) in [4.78, 5) is 0. The highest BCUT2D eigenvalue weighted by atomic mass is 19.1. The summed E-state index contributed by atoms with van der Waals surface area (Å²) in [7, 11) is 0. The number of hydrogen-bond acceptors (Lipinski definition) is 5. The lowest BCUT2D eigenvalue weighted by Crippen LogP contribution is -2.27. The molecule has 27 heavy (non-hydrogen) atoms. The largest absolute Gasteiger partial charge is 0.376 e. The number of nitrogens with one attached hydrogen (secondary N) is 1. The number of nitrogens with zero attached hydrogens (tertiary/aromatic N) is 4. The van der Waals surface area contributed by atoms with Crippen LogP contribution in [0.15, 0.2) is 36.4 Å². The molecule has 0 bridgehead atoms. The maximum atomic E-state index is 14.1. The summed E-state index contributed by atoms with van der Waals surface area (Å²) < 4.78 is 21.7. The van der Waals surface area contributed by atoms with Crippen LogP contribution in [0.25, 0.3) is 17.0 Å². The molecular formula is C20H24FN5O. The van der Waals surface area contributed by atoms with E-state index in [1.165, 1.54) is 25.3 Å². The van der Waals surface area contributed by atoms with Crippen LogP contribution in [-0.4, -0.2) is 39.1 Å². The molecule has 0 saturated heterocycles. The van der Waals surface area contributed by atoms with Gasteiger partial charge in [0.05, 0.1) is 18.3 Å². The van der Waals surface area contributed by atoms with Gasteiger partial charge in [-0.15, -0.1) is 15.3 Å². The predicted octanol–water partition coefficient (Wildman–Crippen LogP) is 3.94. The van der Waals surface area contributed by atoms with Crippen molar-refractivity contribution in [2.24, 2.45) is 5.92 Å². The van der Waals surface area contributed by atoms with Gasteiger partial charge >= 0.3 is 0 Å². The van der Waals surface area contributed by atoms with E-state index in [9.17, 15) is 4.39 Å². The van der Waals surface area contributed by atoms with E-state index in [4.69, 9.17) is 4.74 Å². The molecule has 1 aliphatic carbocycles. The van der Waals surface area contributed by atoms with Crippen molar-refractivity contribution in [3.8, 4) is 11.4 Å². The van der Waals surface area contributed by atoms with E-state index in [2.05, 4.69) is 27.5 Å². The van der Waals surface area contributed by atoms with Crippen molar-refractivity contribution in [3.05, 3.63) is 42.2 Å². The minimum absolute atomic E-state index is 0.345. The van der Waals surface area contributed by atoms with Crippen LogP contribution in [0.3, 0.4) is 0 Å². The highest BCUT2D eigenvalue weighted by molar-refractivity contribution is 5.60. The third-order valence-corrected chi connectivity index (χ3v) is 5.15. The molecule has 0 amide bonds. The fourth-order valence-corrected chi connectivity index (χ4v) is 3.61. The van der Waals surface area contributed by atoms with Gasteiger partial charge in [0, 0.05) is 6.54 Å². The van der Waals surface area contributed by atoms with Crippen LogP contribution in [0.5, 0.6) is 0 Å². The van der Waals surface area contributed by atoms with E-state index in [-0.39, 0.29) is 5.82 Å². The van der Waals surface area contributed by atoms with Crippen LogP contribution >= 0.6 is 0 Å². The number of anilines is 1. The van der Waals surface area contributed by atoms with Gasteiger partial charge in [0.1, 0.15) is 11.6 Å². The zero-order chi connectivity index (χ0) is 18.6. The molecule has 3 aromatic rings. The van der Waals surface area contributed by atoms with Crippen molar-refractivity contribution in [1.82, 2.24) is 19.8 Å². The molecule has 0 radical (unpaired) electrons. The Morgan fingerprint density at radius 3 is 2.85 bits per heavy atom. The SMILES string of the molecule is C[C@@H]1CCCC[C@@H]1OCCNc1ccc2nnc(-c3ccccc3F)n2n1. The van der Waals surface area contributed by atoms with E-state index in [1.54, 1.807) is 22.7 Å². The number of benzene rings is 1. The standard InChI is InChI=1S/C20H24FN5O/c1-14-6-2-5-9-17(14)27-13-12-22-18-10-11-19-23-24-20(26(19)25-18)15-7-3-4-8-16(15)21/h3-4,7-8,10-11,14,17H,2,5-6,9,12-13H2,1H3,(H,22,25)/t14-,17+/m1/s1. The summed E-state index contributed by atoms with van der Waals surface area (Å²) >= 11 is 0. The van der Waals surface area contributed by atoms with Gasteiger partial charge in [-0.25, -0.2) is 4.39 Å². The molecule has 1 fully saturated rings. The molecule has 2 heterocycles. The Balaban J connectivity index is 1.42. The van der Waals surface area contributed by atoms with Crippen molar-refractivity contribution in [3.63, 3.8) is 0 Å². The third kappa shape index (κ3) is 3.93. The fraction of sp³-hybridized carbons (Fsp3) is 0.450. The molecule has 1 N–H and O–H groups in total. The number of ether oxygens (including phenoxy) is 1. The van der Waals surface area contributed by atoms with E-state index in [1.807, 2.05) is 12.1 Å². The minimum atomic E-state index is -0.345. The number of rotatable bonds is 6. The van der Waals surface area contributed by atoms with E-state index < -0.39 is 0 Å². The second kappa shape index (κ2) is 8.00. The van der Waals surface area contributed by atoms with E-state index in [0.717, 1.165) is 6.42 Å². The van der Waals surface area contributed by atoms with Crippen LogP contribution in [-0.2, 0) is 4.74 Å². The lowest BCUT2D eigenvalue weighted by atomic mass is 9.88. The Kier molecular flexibility index (Phi) is 5.29. The van der Waals surface area contributed by atoms with Crippen LogP contribution < -0.4 is 5.32 Å².